The van der Waals surface area contributed by atoms with Gasteiger partial charge in [0, 0.05) is 25.0 Å². The Morgan fingerprint density at radius 1 is 1.16 bits per heavy atom. The SMILES string of the molecule is O=C[C@@H]1CCCN1C(=O)[C@@H]1CCCN1SC(=O)OCc1ccccc1. The molecule has 1 aromatic carbocycles. The van der Waals surface area contributed by atoms with Crippen LogP contribution in [0.4, 0.5) is 4.79 Å². The number of rotatable bonds is 5. The molecule has 0 spiro atoms. The molecule has 0 aromatic heterocycles. The lowest BCUT2D eigenvalue weighted by Crippen LogP contribution is -2.46. The number of carbonyl (C=O) groups excluding carboxylic acids is 3. The minimum Gasteiger partial charge on any atom is -0.452 e. The number of amides is 1. The van der Waals surface area contributed by atoms with Crippen molar-refractivity contribution in [2.75, 3.05) is 13.1 Å². The number of nitrogens with zero attached hydrogens (tertiary/aromatic N) is 2. The van der Waals surface area contributed by atoms with E-state index in [2.05, 4.69) is 0 Å². The molecule has 0 unspecified atom stereocenters. The molecule has 0 bridgehead atoms. The van der Waals surface area contributed by atoms with E-state index in [9.17, 15) is 14.4 Å². The van der Waals surface area contributed by atoms with Crippen LogP contribution in [-0.2, 0) is 20.9 Å². The van der Waals surface area contributed by atoms with Gasteiger partial charge in [-0.3, -0.25) is 4.79 Å². The van der Waals surface area contributed by atoms with E-state index in [-0.39, 0.29) is 24.6 Å². The predicted molar refractivity (Wildman–Crippen MR) is 94.7 cm³/mol. The highest BCUT2D eigenvalue weighted by Crippen LogP contribution is 2.30. The smallest absolute Gasteiger partial charge is 0.383 e. The molecule has 2 saturated heterocycles. The van der Waals surface area contributed by atoms with Crippen molar-refractivity contribution >= 4 is 29.4 Å². The Morgan fingerprint density at radius 2 is 1.92 bits per heavy atom. The molecular formula is C18H22N2O4S. The maximum atomic E-state index is 12.7. The van der Waals surface area contributed by atoms with Gasteiger partial charge in [-0.25, -0.2) is 9.10 Å². The van der Waals surface area contributed by atoms with Crippen molar-refractivity contribution < 1.29 is 19.1 Å². The molecule has 0 radical (unpaired) electrons. The van der Waals surface area contributed by atoms with Gasteiger partial charge in [-0.05, 0) is 31.2 Å². The number of likely N-dealkylation sites (tertiary alicyclic amines) is 1. The zero-order valence-corrected chi connectivity index (χ0v) is 14.8. The zero-order valence-electron chi connectivity index (χ0n) is 14.0. The molecule has 7 heteroatoms. The first-order valence-electron chi connectivity index (χ1n) is 8.60. The Morgan fingerprint density at radius 3 is 2.68 bits per heavy atom. The zero-order chi connectivity index (χ0) is 17.6. The average molecular weight is 362 g/mol. The fourth-order valence-electron chi connectivity index (χ4n) is 3.33. The first kappa shape index (κ1) is 17.9. The summed E-state index contributed by atoms with van der Waals surface area (Å²) in [6, 6.07) is 8.82. The number of benzene rings is 1. The van der Waals surface area contributed by atoms with Crippen molar-refractivity contribution in [3.8, 4) is 0 Å². The van der Waals surface area contributed by atoms with Gasteiger partial charge in [0.2, 0.25) is 5.91 Å². The molecule has 2 fully saturated rings. The maximum absolute atomic E-state index is 12.7. The first-order valence-corrected chi connectivity index (χ1v) is 9.37. The third kappa shape index (κ3) is 4.41. The van der Waals surface area contributed by atoms with Gasteiger partial charge in [0.25, 0.3) is 0 Å². The molecule has 6 nitrogen and oxygen atoms in total. The summed E-state index contributed by atoms with van der Waals surface area (Å²) in [5.41, 5.74) is 0.927. The van der Waals surface area contributed by atoms with E-state index in [4.69, 9.17) is 4.74 Å². The molecule has 0 aliphatic carbocycles. The van der Waals surface area contributed by atoms with Crippen LogP contribution in [0.1, 0.15) is 31.2 Å². The van der Waals surface area contributed by atoms with Crippen molar-refractivity contribution in [1.29, 1.82) is 0 Å². The average Bonchev–Trinajstić information content (AvgIpc) is 3.29. The van der Waals surface area contributed by atoms with Gasteiger partial charge in [0.1, 0.15) is 12.9 Å². The summed E-state index contributed by atoms with van der Waals surface area (Å²) in [5.74, 6) is -0.0459. The fourth-order valence-corrected chi connectivity index (χ4v) is 4.18. The van der Waals surface area contributed by atoms with Crippen LogP contribution in [0.25, 0.3) is 0 Å². The standard InChI is InChI=1S/C18H22N2O4S/c21-12-15-8-4-10-19(15)17(22)16-9-5-11-20(16)25-18(23)24-13-14-6-2-1-3-7-14/h1-3,6-7,12,15-16H,4-5,8-11,13H2/t15-,16-/m0/s1. The second-order valence-corrected chi connectivity index (χ2v) is 7.28. The number of aldehydes is 1. The highest BCUT2D eigenvalue weighted by Gasteiger charge is 2.39. The van der Waals surface area contributed by atoms with E-state index >= 15 is 0 Å². The van der Waals surface area contributed by atoms with Gasteiger partial charge in [-0.15, -0.1) is 0 Å². The largest absolute Gasteiger partial charge is 0.452 e. The summed E-state index contributed by atoms with van der Waals surface area (Å²) in [5, 5.41) is -0.406. The summed E-state index contributed by atoms with van der Waals surface area (Å²) in [7, 11) is 0. The Hall–Kier alpha value is -1.86. The Kier molecular flexibility index (Phi) is 6.09. The summed E-state index contributed by atoms with van der Waals surface area (Å²) < 4.78 is 7.09. The van der Waals surface area contributed by atoms with E-state index in [0.29, 0.717) is 19.5 Å². The first-order chi connectivity index (χ1) is 12.2. The van der Waals surface area contributed by atoms with Gasteiger partial charge >= 0.3 is 5.30 Å². The number of hydrogen-bond acceptors (Lipinski definition) is 6. The van der Waals surface area contributed by atoms with Crippen LogP contribution < -0.4 is 0 Å². The third-order valence-electron chi connectivity index (χ3n) is 4.62. The molecule has 1 aromatic rings. The molecule has 2 heterocycles. The van der Waals surface area contributed by atoms with E-state index in [1.165, 1.54) is 0 Å². The Balaban J connectivity index is 1.53. The quantitative estimate of drug-likeness (QED) is 0.456. The van der Waals surface area contributed by atoms with Crippen molar-refractivity contribution in [3.63, 3.8) is 0 Å². The van der Waals surface area contributed by atoms with E-state index < -0.39 is 5.30 Å². The van der Waals surface area contributed by atoms with Gasteiger partial charge in [-0.2, -0.15) is 0 Å². The van der Waals surface area contributed by atoms with Crippen molar-refractivity contribution in [2.45, 2.75) is 44.4 Å². The van der Waals surface area contributed by atoms with Gasteiger partial charge < -0.3 is 14.4 Å². The number of ether oxygens (including phenoxy) is 1. The van der Waals surface area contributed by atoms with Crippen LogP contribution in [-0.4, -0.2) is 51.9 Å². The summed E-state index contributed by atoms with van der Waals surface area (Å²) in [6.07, 6.45) is 4.00. The molecule has 25 heavy (non-hydrogen) atoms. The molecule has 2 aliphatic rings. The monoisotopic (exact) mass is 362 g/mol. The molecule has 134 valence electrons. The minimum absolute atomic E-state index is 0.0459. The molecule has 0 saturated carbocycles. The van der Waals surface area contributed by atoms with E-state index in [1.54, 1.807) is 9.21 Å². The molecular weight excluding hydrogens is 340 g/mol. The predicted octanol–water partition coefficient (Wildman–Crippen LogP) is 2.63. The van der Waals surface area contributed by atoms with Crippen molar-refractivity contribution in [3.05, 3.63) is 35.9 Å². The van der Waals surface area contributed by atoms with Gasteiger partial charge in [0.05, 0.1) is 12.1 Å². The fraction of sp³-hybridized carbons (Fsp3) is 0.500. The van der Waals surface area contributed by atoms with Crippen LogP contribution in [0.5, 0.6) is 0 Å². The van der Waals surface area contributed by atoms with Crippen LogP contribution in [0.3, 0.4) is 0 Å². The van der Waals surface area contributed by atoms with Crippen LogP contribution >= 0.6 is 11.9 Å². The summed E-state index contributed by atoms with van der Waals surface area (Å²) in [6.45, 7) is 1.51. The number of carbonyl (C=O) groups is 3. The van der Waals surface area contributed by atoms with Crippen LogP contribution in [0.15, 0.2) is 30.3 Å². The van der Waals surface area contributed by atoms with Crippen molar-refractivity contribution in [2.24, 2.45) is 0 Å². The van der Waals surface area contributed by atoms with Gasteiger partial charge in [-0.1, -0.05) is 30.3 Å². The molecule has 2 aliphatic heterocycles. The van der Waals surface area contributed by atoms with Crippen LogP contribution in [0.2, 0.25) is 0 Å². The highest BCUT2D eigenvalue weighted by atomic mass is 32.2. The normalized spacial score (nSPS) is 23.6. The highest BCUT2D eigenvalue weighted by molar-refractivity contribution is 8.11. The van der Waals surface area contributed by atoms with Crippen molar-refractivity contribution in [1.82, 2.24) is 9.21 Å². The molecule has 2 atom stereocenters. The van der Waals surface area contributed by atoms with E-state index in [0.717, 1.165) is 43.1 Å². The molecule has 0 N–H and O–H groups in total. The molecule has 3 rings (SSSR count). The van der Waals surface area contributed by atoms with Crippen LogP contribution in [0, 0.1) is 0 Å². The maximum Gasteiger partial charge on any atom is 0.383 e. The Labute approximate surface area is 151 Å². The number of hydrogen-bond donors (Lipinski definition) is 0. The second kappa shape index (κ2) is 8.49. The second-order valence-electron chi connectivity index (χ2n) is 6.29. The topological polar surface area (TPSA) is 66.9 Å². The van der Waals surface area contributed by atoms with E-state index in [1.807, 2.05) is 30.3 Å². The minimum atomic E-state index is -0.406. The lowest BCUT2D eigenvalue weighted by molar-refractivity contribution is -0.137. The third-order valence-corrected chi connectivity index (χ3v) is 5.56. The lowest BCUT2D eigenvalue weighted by atomic mass is 10.2. The summed E-state index contributed by atoms with van der Waals surface area (Å²) in [4.78, 5) is 37.6. The summed E-state index contributed by atoms with van der Waals surface area (Å²) >= 11 is 0.967. The molecule has 1 amide bonds. The van der Waals surface area contributed by atoms with Gasteiger partial charge in [0.15, 0.2) is 0 Å². The Bertz CT molecular complexity index is 625. The lowest BCUT2D eigenvalue weighted by Gasteiger charge is -2.28.